The zero-order valence-electron chi connectivity index (χ0n) is 34.6. The summed E-state index contributed by atoms with van der Waals surface area (Å²) in [6.45, 7) is 0. The van der Waals surface area contributed by atoms with Crippen LogP contribution in [0.4, 0.5) is 5.82 Å². The highest BCUT2D eigenvalue weighted by molar-refractivity contribution is 5.84. The van der Waals surface area contributed by atoms with Gasteiger partial charge in [0.1, 0.15) is 41.7 Å². The van der Waals surface area contributed by atoms with Gasteiger partial charge < -0.3 is 35.1 Å². The lowest BCUT2D eigenvalue weighted by atomic mass is 9.64. The molecule has 4 N–H and O–H groups in total. The molecule has 3 heterocycles. The fourth-order valence-corrected chi connectivity index (χ4v) is 9.27. The first-order chi connectivity index (χ1) is 30.4. The Balaban J connectivity index is 1.15. The molecule has 11 nitrogen and oxygen atoms in total. The van der Waals surface area contributed by atoms with Gasteiger partial charge in [-0.2, -0.15) is 0 Å². The zero-order valence-corrected chi connectivity index (χ0v) is 34.6. The van der Waals surface area contributed by atoms with Crippen LogP contribution in [-0.2, 0) is 15.7 Å². The molecule has 1 aliphatic heterocycles. The number of methoxy groups -OCH3 is 2. The van der Waals surface area contributed by atoms with Crippen molar-refractivity contribution in [2.24, 2.45) is 0 Å². The smallest absolute Gasteiger partial charge is 0.167 e. The van der Waals surface area contributed by atoms with Crippen molar-refractivity contribution in [2.45, 2.75) is 41.5 Å². The average Bonchev–Trinajstić information content (AvgIpc) is 3.93. The molecule has 2 aromatic heterocycles. The van der Waals surface area contributed by atoms with Crippen LogP contribution in [0.5, 0.6) is 11.5 Å². The number of ether oxygens (including phenoxy) is 3. The van der Waals surface area contributed by atoms with Gasteiger partial charge in [0.05, 0.1) is 32.0 Å². The van der Waals surface area contributed by atoms with E-state index in [4.69, 9.17) is 29.2 Å². The highest BCUT2D eigenvalue weighted by Gasteiger charge is 2.55. The Bertz CT molecular complexity index is 2620. The fraction of sp³-hybridized carbons (Fsp3) is 0.196. The van der Waals surface area contributed by atoms with Gasteiger partial charge in [0.25, 0.3) is 0 Å². The molecule has 1 saturated heterocycles. The molecule has 1 unspecified atom stereocenters. The summed E-state index contributed by atoms with van der Waals surface area (Å²) in [7, 11) is 5.05. The Morgan fingerprint density at radius 3 is 1.55 bits per heavy atom. The number of nitrogens with zero attached hydrogens (tertiary/aromatic N) is 4. The van der Waals surface area contributed by atoms with E-state index in [2.05, 4.69) is 47.0 Å². The molecule has 5 atom stereocenters. The van der Waals surface area contributed by atoms with Crippen LogP contribution in [0.25, 0.3) is 11.2 Å². The molecule has 1 fully saturated rings. The summed E-state index contributed by atoms with van der Waals surface area (Å²) in [5.41, 5.74) is 4.25. The lowest BCUT2D eigenvalue weighted by molar-refractivity contribution is -0.0962. The number of likely N-dealkylation sites (N-methyl/N-ethyl adjacent to an activating group) is 1. The molecule has 6 aromatic carbocycles. The number of nitrogens with one attached hydrogen (secondary N) is 2. The maximum Gasteiger partial charge on any atom is 0.167 e. The minimum absolute atomic E-state index is 0.479. The molecule has 9 rings (SSSR count). The predicted molar refractivity (Wildman–Crippen MR) is 239 cm³/mol. The number of aliphatic hydroxyl groups is 2. The van der Waals surface area contributed by atoms with E-state index >= 15 is 0 Å². The van der Waals surface area contributed by atoms with Crippen molar-refractivity contribution < 1.29 is 24.4 Å². The van der Waals surface area contributed by atoms with E-state index in [-0.39, 0.29) is 0 Å². The number of hydrogen-bond acceptors (Lipinski definition) is 10. The number of rotatable bonds is 14. The van der Waals surface area contributed by atoms with Crippen LogP contribution in [0.1, 0.15) is 39.6 Å². The van der Waals surface area contributed by atoms with E-state index in [9.17, 15) is 10.2 Å². The first kappa shape index (κ1) is 40.5. The molecule has 62 heavy (non-hydrogen) atoms. The van der Waals surface area contributed by atoms with Gasteiger partial charge in [0.2, 0.25) is 0 Å². The number of imidazole rings is 1. The van der Waals surface area contributed by atoms with Crippen LogP contribution in [0, 0.1) is 0 Å². The minimum Gasteiger partial charge on any atom is -0.497 e. The summed E-state index contributed by atoms with van der Waals surface area (Å²) in [5, 5.41) is 32.5. The van der Waals surface area contributed by atoms with Gasteiger partial charge in [-0.3, -0.25) is 4.57 Å². The van der Waals surface area contributed by atoms with Gasteiger partial charge in [-0.1, -0.05) is 146 Å². The molecular formula is C51H48N6O5. The number of hydrogen-bond donors (Lipinski definition) is 4. The third-order valence-corrected chi connectivity index (χ3v) is 12.3. The number of fused-ring (bicyclic) bond motifs is 1. The van der Waals surface area contributed by atoms with E-state index in [1.54, 1.807) is 32.2 Å². The molecule has 11 heteroatoms. The van der Waals surface area contributed by atoms with E-state index in [1.165, 1.54) is 6.33 Å². The van der Waals surface area contributed by atoms with Crippen LogP contribution >= 0.6 is 0 Å². The lowest BCUT2D eigenvalue weighted by Crippen LogP contribution is -2.53. The molecule has 0 radical (unpaired) electrons. The normalized spacial score (nSPS) is 18.3. The lowest BCUT2D eigenvalue weighted by Gasteiger charge is -2.43. The second-order valence-electron chi connectivity index (χ2n) is 15.4. The minimum atomic E-state index is -1.29. The predicted octanol–water partition coefficient (Wildman–Crippen LogP) is 7.49. The topological polar surface area (TPSA) is 136 Å². The highest BCUT2D eigenvalue weighted by atomic mass is 16.5. The second-order valence-corrected chi connectivity index (χ2v) is 15.4. The first-order valence-corrected chi connectivity index (χ1v) is 20.6. The second kappa shape index (κ2) is 17.2. The monoisotopic (exact) mass is 824 g/mol. The van der Waals surface area contributed by atoms with Gasteiger partial charge in [-0.05, 0) is 64.7 Å². The number of aliphatic hydroxyl groups excluding tert-OH is 2. The Morgan fingerprint density at radius 2 is 1.06 bits per heavy atom. The Hall–Kier alpha value is -6.89. The van der Waals surface area contributed by atoms with Gasteiger partial charge >= 0.3 is 0 Å². The van der Waals surface area contributed by atoms with Gasteiger partial charge in [0, 0.05) is 0 Å². The standard InChI is InChI=1S/C51H48N6O5/c1-52-42-44(58)45(46(59)50(34-16-8-4-9-17-34,35-18-10-5-11-19-35)36-24-28-40(60-2)29-25-36)62-49(42)57-33-55-43-47(53-32-54-48(43)57)56-51(37-20-12-6-13-21-37,38-22-14-7-15-23-38)39-26-30-41(61-3)31-27-39/h4-33,42,44-46,49,52,58-59H,1-3H3,(H,53,54,56)/t42-,44+,45+,46?,49-/m1/s1. The maximum atomic E-state index is 13.1. The molecule has 8 aromatic rings. The largest absolute Gasteiger partial charge is 0.497 e. The van der Waals surface area contributed by atoms with Crippen molar-refractivity contribution in [2.75, 3.05) is 26.6 Å². The fourth-order valence-electron chi connectivity index (χ4n) is 9.27. The van der Waals surface area contributed by atoms with Crippen LogP contribution in [0.3, 0.4) is 0 Å². The quantitative estimate of drug-likeness (QED) is 0.0818. The first-order valence-electron chi connectivity index (χ1n) is 20.6. The van der Waals surface area contributed by atoms with Crippen LogP contribution in [0.2, 0.25) is 0 Å². The van der Waals surface area contributed by atoms with Crippen molar-refractivity contribution in [3.05, 3.63) is 216 Å². The molecule has 0 bridgehead atoms. The number of benzene rings is 6. The third kappa shape index (κ3) is 6.85. The molecule has 0 amide bonds. The van der Waals surface area contributed by atoms with Gasteiger partial charge in [-0.25, -0.2) is 15.0 Å². The Morgan fingerprint density at radius 1 is 0.613 bits per heavy atom. The van der Waals surface area contributed by atoms with Crippen molar-refractivity contribution >= 4 is 17.0 Å². The molecular weight excluding hydrogens is 777 g/mol. The summed E-state index contributed by atoms with van der Waals surface area (Å²) < 4.78 is 19.8. The maximum absolute atomic E-state index is 13.1. The molecule has 312 valence electrons. The number of aromatic nitrogens is 4. The SMILES string of the molecule is CN[C@@H]1[C@H](O)[C@@H](C(O)C(c2ccccc2)(c2ccccc2)c2ccc(OC)cc2)O[C@H]1n1cnc2c(NC(c3ccccc3)(c3ccccc3)c3ccc(OC)cc3)ncnc21. The summed E-state index contributed by atoms with van der Waals surface area (Å²) in [4.78, 5) is 14.5. The molecule has 0 saturated carbocycles. The number of anilines is 1. The van der Waals surface area contributed by atoms with Gasteiger partial charge in [-0.15, -0.1) is 0 Å². The van der Waals surface area contributed by atoms with E-state index in [0.717, 1.165) is 39.1 Å². The van der Waals surface area contributed by atoms with Gasteiger partial charge in [0.15, 0.2) is 23.2 Å². The summed E-state index contributed by atoms with van der Waals surface area (Å²) >= 11 is 0. The Kier molecular flexibility index (Phi) is 11.3. The highest BCUT2D eigenvalue weighted by Crippen LogP contribution is 2.48. The molecule has 1 aliphatic rings. The van der Waals surface area contributed by atoms with E-state index in [1.807, 2.05) is 133 Å². The third-order valence-electron chi connectivity index (χ3n) is 12.3. The van der Waals surface area contributed by atoms with Crippen LogP contribution in [0.15, 0.2) is 183 Å². The molecule has 0 aliphatic carbocycles. The summed E-state index contributed by atoms with van der Waals surface area (Å²) in [5.74, 6) is 1.91. The summed E-state index contributed by atoms with van der Waals surface area (Å²) in [6.07, 6.45) is -1.22. The van der Waals surface area contributed by atoms with E-state index < -0.39 is 41.5 Å². The van der Waals surface area contributed by atoms with Crippen LogP contribution < -0.4 is 20.1 Å². The average molecular weight is 825 g/mol. The van der Waals surface area contributed by atoms with Crippen molar-refractivity contribution in [3.8, 4) is 11.5 Å². The Labute approximate surface area is 360 Å². The van der Waals surface area contributed by atoms with Crippen molar-refractivity contribution in [1.29, 1.82) is 0 Å². The van der Waals surface area contributed by atoms with Crippen molar-refractivity contribution in [1.82, 2.24) is 24.8 Å². The van der Waals surface area contributed by atoms with Crippen molar-refractivity contribution in [3.63, 3.8) is 0 Å². The summed E-state index contributed by atoms with van der Waals surface area (Å²) in [6, 6.07) is 55.2. The van der Waals surface area contributed by atoms with Crippen LogP contribution in [-0.4, -0.2) is 75.4 Å². The van der Waals surface area contributed by atoms with E-state index in [0.29, 0.717) is 22.7 Å². The molecule has 0 spiro atoms. The zero-order chi connectivity index (χ0) is 42.7.